The number of hydrogen-bond acceptors (Lipinski definition) is 5. The highest BCUT2D eigenvalue weighted by atomic mass is 35.5. The molecule has 1 aromatic heterocycles. The van der Waals surface area contributed by atoms with E-state index >= 15 is 0 Å². The molecular weight excluding hydrogens is 368 g/mol. The van der Waals surface area contributed by atoms with E-state index in [0.29, 0.717) is 28.0 Å². The first kappa shape index (κ1) is 17.2. The van der Waals surface area contributed by atoms with Crippen LogP contribution in [0, 0.1) is 0 Å². The van der Waals surface area contributed by atoms with Crippen LogP contribution in [-0.2, 0) is 4.79 Å². The van der Waals surface area contributed by atoms with Gasteiger partial charge in [-0.3, -0.25) is 4.79 Å². The van der Waals surface area contributed by atoms with Gasteiger partial charge in [0.25, 0.3) is 5.91 Å². The number of hydrazone groups is 1. The lowest BCUT2D eigenvalue weighted by molar-refractivity contribution is -0.130. The van der Waals surface area contributed by atoms with Gasteiger partial charge in [-0.2, -0.15) is 5.10 Å². The van der Waals surface area contributed by atoms with Crippen molar-refractivity contribution in [2.45, 2.75) is 6.10 Å². The summed E-state index contributed by atoms with van der Waals surface area (Å²) in [7, 11) is 0. The van der Waals surface area contributed by atoms with Gasteiger partial charge in [0, 0.05) is 5.56 Å². The van der Waals surface area contributed by atoms with E-state index in [-0.39, 0.29) is 6.61 Å². The number of carbonyl (C=O) groups excluding carboxylic acids is 1. The molecule has 3 aromatic rings. The van der Waals surface area contributed by atoms with Gasteiger partial charge in [0.15, 0.2) is 11.5 Å². The Morgan fingerprint density at radius 2 is 1.85 bits per heavy atom. The van der Waals surface area contributed by atoms with Crippen molar-refractivity contribution in [2.24, 2.45) is 5.10 Å². The van der Waals surface area contributed by atoms with Gasteiger partial charge in [-0.05, 0) is 36.4 Å². The zero-order valence-electron chi connectivity index (χ0n) is 14.1. The summed E-state index contributed by atoms with van der Waals surface area (Å²) >= 11 is 6.16. The maximum absolute atomic E-state index is 12.2. The molecule has 1 atom stereocenters. The van der Waals surface area contributed by atoms with Gasteiger partial charge in [0.05, 0.1) is 11.2 Å². The summed E-state index contributed by atoms with van der Waals surface area (Å²) in [5, 5.41) is 4.51. The second-order valence-corrected chi connectivity index (χ2v) is 6.19. The first-order valence-electron chi connectivity index (χ1n) is 8.27. The van der Waals surface area contributed by atoms with Crippen LogP contribution in [0.3, 0.4) is 0 Å². The Kier molecular flexibility index (Phi) is 4.80. The van der Waals surface area contributed by atoms with E-state index in [1.54, 1.807) is 30.3 Å². The topological polar surface area (TPSA) is 73.1 Å². The number of benzene rings is 2. The highest BCUT2D eigenvalue weighted by Crippen LogP contribution is 2.31. The number of rotatable bonds is 4. The highest BCUT2D eigenvalue weighted by molar-refractivity contribution is 6.33. The maximum Gasteiger partial charge on any atom is 0.284 e. The molecule has 0 saturated heterocycles. The minimum atomic E-state index is -0.771. The molecule has 0 aliphatic carbocycles. The summed E-state index contributed by atoms with van der Waals surface area (Å²) in [5.74, 6) is 1.85. The van der Waals surface area contributed by atoms with Crippen LogP contribution in [0.25, 0.3) is 11.3 Å². The molecule has 136 valence electrons. The summed E-state index contributed by atoms with van der Waals surface area (Å²) in [5.41, 5.74) is 3.22. The predicted molar refractivity (Wildman–Crippen MR) is 101 cm³/mol. The molecule has 0 fully saturated rings. The van der Waals surface area contributed by atoms with E-state index in [9.17, 15) is 4.79 Å². The fourth-order valence-electron chi connectivity index (χ4n) is 2.61. The fraction of sp³-hybridized carbons (Fsp3) is 0.100. The van der Waals surface area contributed by atoms with Crippen LogP contribution in [0.4, 0.5) is 0 Å². The van der Waals surface area contributed by atoms with Crippen molar-refractivity contribution >= 4 is 23.7 Å². The van der Waals surface area contributed by atoms with E-state index in [4.69, 9.17) is 25.5 Å². The number of hydrogen-bond donors (Lipinski definition) is 1. The zero-order chi connectivity index (χ0) is 18.6. The number of carbonyl (C=O) groups is 1. The second-order valence-electron chi connectivity index (χ2n) is 5.78. The van der Waals surface area contributed by atoms with Crippen LogP contribution in [0.5, 0.6) is 11.5 Å². The number of para-hydroxylation sites is 2. The van der Waals surface area contributed by atoms with Crippen molar-refractivity contribution < 1.29 is 18.7 Å². The van der Waals surface area contributed by atoms with Crippen LogP contribution in [0.2, 0.25) is 5.02 Å². The molecular formula is C20H15ClN2O4. The first-order chi connectivity index (χ1) is 13.2. The second kappa shape index (κ2) is 7.55. The van der Waals surface area contributed by atoms with Crippen molar-refractivity contribution in [3.63, 3.8) is 0 Å². The Morgan fingerprint density at radius 1 is 1.07 bits per heavy atom. The van der Waals surface area contributed by atoms with E-state index in [1.807, 2.05) is 30.3 Å². The van der Waals surface area contributed by atoms with E-state index in [0.717, 1.165) is 5.56 Å². The Labute approximate surface area is 160 Å². The normalized spacial score (nSPS) is 15.7. The largest absolute Gasteiger partial charge is 0.485 e. The summed E-state index contributed by atoms with van der Waals surface area (Å²) in [6, 6.07) is 18.1. The molecule has 1 unspecified atom stereocenters. The quantitative estimate of drug-likeness (QED) is 0.548. The standard InChI is InChI=1S/C20H15ClN2O4/c21-15-6-2-1-5-14(15)16-10-9-13(26-16)11-22-23-20(24)19-12-25-17-7-3-4-8-18(17)27-19/h1-11,19H,12H2,(H,23,24). The van der Waals surface area contributed by atoms with Crippen LogP contribution in [-0.4, -0.2) is 24.8 Å². The summed E-state index contributed by atoms with van der Waals surface area (Å²) < 4.78 is 16.8. The van der Waals surface area contributed by atoms with Crippen molar-refractivity contribution in [3.05, 3.63) is 71.4 Å². The number of nitrogens with zero attached hydrogens (tertiary/aromatic N) is 1. The molecule has 1 aliphatic rings. The van der Waals surface area contributed by atoms with E-state index < -0.39 is 12.0 Å². The Bertz CT molecular complexity index is 999. The molecule has 2 aromatic carbocycles. The Balaban J connectivity index is 1.37. The molecule has 27 heavy (non-hydrogen) atoms. The average Bonchev–Trinajstić information content (AvgIpc) is 3.16. The van der Waals surface area contributed by atoms with Gasteiger partial charge in [0.2, 0.25) is 6.10 Å². The number of nitrogens with one attached hydrogen (secondary N) is 1. The molecule has 1 N–H and O–H groups in total. The smallest absolute Gasteiger partial charge is 0.284 e. The van der Waals surface area contributed by atoms with Gasteiger partial charge in [0.1, 0.15) is 18.1 Å². The van der Waals surface area contributed by atoms with Crippen molar-refractivity contribution in [2.75, 3.05) is 6.61 Å². The van der Waals surface area contributed by atoms with Gasteiger partial charge in [-0.15, -0.1) is 0 Å². The molecule has 2 heterocycles. The monoisotopic (exact) mass is 382 g/mol. The van der Waals surface area contributed by atoms with Gasteiger partial charge in [-0.1, -0.05) is 35.9 Å². The highest BCUT2D eigenvalue weighted by Gasteiger charge is 2.27. The molecule has 6 nitrogen and oxygen atoms in total. The van der Waals surface area contributed by atoms with Gasteiger partial charge < -0.3 is 13.9 Å². The van der Waals surface area contributed by atoms with E-state index in [2.05, 4.69) is 10.5 Å². The Morgan fingerprint density at radius 3 is 2.70 bits per heavy atom. The fourth-order valence-corrected chi connectivity index (χ4v) is 2.84. The third kappa shape index (κ3) is 3.80. The van der Waals surface area contributed by atoms with Crippen molar-refractivity contribution in [3.8, 4) is 22.8 Å². The summed E-state index contributed by atoms with van der Waals surface area (Å²) in [6.07, 6.45) is 0.642. The third-order valence-corrected chi connectivity index (χ3v) is 4.26. The minimum absolute atomic E-state index is 0.121. The van der Waals surface area contributed by atoms with Crippen LogP contribution < -0.4 is 14.9 Å². The maximum atomic E-state index is 12.2. The van der Waals surface area contributed by atoms with Crippen LogP contribution in [0.1, 0.15) is 5.76 Å². The Hall–Kier alpha value is -3.25. The molecule has 0 radical (unpaired) electrons. The summed E-state index contributed by atoms with van der Waals surface area (Å²) in [4.78, 5) is 12.2. The SMILES string of the molecule is O=C(NN=Cc1ccc(-c2ccccc2Cl)o1)C1COc2ccccc2O1. The van der Waals surface area contributed by atoms with Gasteiger partial charge in [-0.25, -0.2) is 5.43 Å². The predicted octanol–water partition coefficient (Wildman–Crippen LogP) is 3.89. The number of halogens is 1. The number of fused-ring (bicyclic) bond motifs is 1. The van der Waals surface area contributed by atoms with Crippen molar-refractivity contribution in [1.29, 1.82) is 0 Å². The lowest BCUT2D eigenvalue weighted by atomic mass is 10.2. The lowest BCUT2D eigenvalue weighted by Gasteiger charge is -2.24. The minimum Gasteiger partial charge on any atom is -0.485 e. The van der Waals surface area contributed by atoms with Crippen molar-refractivity contribution in [1.82, 2.24) is 5.43 Å². The van der Waals surface area contributed by atoms with Gasteiger partial charge >= 0.3 is 0 Å². The summed E-state index contributed by atoms with van der Waals surface area (Å²) in [6.45, 7) is 0.121. The molecule has 0 saturated carbocycles. The molecule has 0 spiro atoms. The number of ether oxygens (including phenoxy) is 2. The molecule has 1 aliphatic heterocycles. The molecule has 1 amide bonds. The zero-order valence-corrected chi connectivity index (χ0v) is 14.8. The van der Waals surface area contributed by atoms with E-state index in [1.165, 1.54) is 6.21 Å². The molecule has 7 heteroatoms. The molecule has 4 rings (SSSR count). The van der Waals surface area contributed by atoms with Crippen LogP contribution >= 0.6 is 11.6 Å². The molecule has 0 bridgehead atoms. The first-order valence-corrected chi connectivity index (χ1v) is 8.64. The van der Waals surface area contributed by atoms with Crippen LogP contribution in [0.15, 0.2) is 70.2 Å². The number of amides is 1. The number of furan rings is 1. The average molecular weight is 383 g/mol. The third-order valence-electron chi connectivity index (χ3n) is 3.93. The lowest BCUT2D eigenvalue weighted by Crippen LogP contribution is -2.42.